The van der Waals surface area contributed by atoms with E-state index < -0.39 is 11.6 Å². The van der Waals surface area contributed by atoms with Crippen LogP contribution in [0.1, 0.15) is 18.1 Å². The van der Waals surface area contributed by atoms with Crippen molar-refractivity contribution < 1.29 is 8.78 Å². The summed E-state index contributed by atoms with van der Waals surface area (Å²) in [6.07, 6.45) is 0.571. The van der Waals surface area contributed by atoms with E-state index in [9.17, 15) is 8.78 Å². The van der Waals surface area contributed by atoms with E-state index in [1.807, 2.05) is 6.92 Å². The predicted octanol–water partition coefficient (Wildman–Crippen LogP) is 2.82. The molecule has 18 heavy (non-hydrogen) atoms. The average molecular weight is 251 g/mol. The minimum absolute atomic E-state index is 0.0980. The van der Waals surface area contributed by atoms with Gasteiger partial charge in [-0.15, -0.1) is 0 Å². The first-order valence-electron chi connectivity index (χ1n) is 5.73. The molecule has 0 saturated carbocycles. The van der Waals surface area contributed by atoms with E-state index in [0.717, 1.165) is 0 Å². The molecule has 0 spiro atoms. The van der Waals surface area contributed by atoms with Crippen molar-refractivity contribution in [1.82, 2.24) is 9.78 Å². The Kier molecular flexibility index (Phi) is 3.07. The van der Waals surface area contributed by atoms with Gasteiger partial charge in [0.15, 0.2) is 0 Å². The predicted molar refractivity (Wildman–Crippen MR) is 67.1 cm³/mol. The number of aryl methyl sites for hydroxylation is 2. The summed E-state index contributed by atoms with van der Waals surface area (Å²) in [4.78, 5) is 0. The number of benzene rings is 1. The minimum Gasteiger partial charge on any atom is -0.384 e. The summed E-state index contributed by atoms with van der Waals surface area (Å²) in [6, 6.07) is 2.66. The van der Waals surface area contributed by atoms with Gasteiger partial charge in [0.2, 0.25) is 0 Å². The van der Waals surface area contributed by atoms with Gasteiger partial charge in [0, 0.05) is 12.6 Å². The van der Waals surface area contributed by atoms with E-state index in [1.54, 1.807) is 14.0 Å². The summed E-state index contributed by atoms with van der Waals surface area (Å²) in [7, 11) is 1.66. The molecule has 2 aromatic rings. The second-order valence-corrected chi connectivity index (χ2v) is 4.24. The summed E-state index contributed by atoms with van der Waals surface area (Å²) in [5, 5.41) is 4.13. The molecule has 3 nitrogen and oxygen atoms in total. The molecule has 5 heteroatoms. The van der Waals surface area contributed by atoms with Crippen molar-refractivity contribution in [2.45, 2.75) is 20.3 Å². The fourth-order valence-corrected chi connectivity index (χ4v) is 2.00. The third kappa shape index (κ3) is 1.75. The number of halogens is 2. The van der Waals surface area contributed by atoms with Crippen LogP contribution >= 0.6 is 0 Å². The Morgan fingerprint density at radius 1 is 1.33 bits per heavy atom. The third-order valence-corrected chi connectivity index (χ3v) is 3.07. The molecule has 2 N–H and O–H groups in total. The molecule has 0 saturated heterocycles. The van der Waals surface area contributed by atoms with Crippen molar-refractivity contribution in [3.05, 3.63) is 34.9 Å². The molecular weight excluding hydrogens is 236 g/mol. The summed E-state index contributed by atoms with van der Waals surface area (Å²) < 4.78 is 29.4. The van der Waals surface area contributed by atoms with Crippen LogP contribution in [0.4, 0.5) is 14.6 Å². The molecule has 0 unspecified atom stereocenters. The fourth-order valence-electron chi connectivity index (χ4n) is 2.00. The lowest BCUT2D eigenvalue weighted by molar-refractivity contribution is 0.581. The minimum atomic E-state index is -0.620. The molecule has 2 rings (SSSR count). The highest BCUT2D eigenvalue weighted by atomic mass is 19.1. The number of rotatable bonds is 2. The Hall–Kier alpha value is -1.91. The second kappa shape index (κ2) is 4.40. The van der Waals surface area contributed by atoms with Gasteiger partial charge in [-0.3, -0.25) is 4.68 Å². The maximum atomic E-state index is 14.1. The Morgan fingerprint density at radius 3 is 2.61 bits per heavy atom. The van der Waals surface area contributed by atoms with Crippen molar-refractivity contribution >= 4 is 5.82 Å². The number of aromatic nitrogens is 2. The van der Waals surface area contributed by atoms with Crippen LogP contribution in [-0.2, 0) is 13.5 Å². The van der Waals surface area contributed by atoms with E-state index in [0.29, 0.717) is 23.4 Å². The first kappa shape index (κ1) is 12.5. The first-order chi connectivity index (χ1) is 8.47. The molecule has 0 radical (unpaired) electrons. The molecule has 1 heterocycles. The number of hydrogen-bond donors (Lipinski definition) is 1. The third-order valence-electron chi connectivity index (χ3n) is 3.07. The molecule has 0 bridgehead atoms. The molecule has 0 aliphatic rings. The zero-order valence-electron chi connectivity index (χ0n) is 10.6. The molecular formula is C13H15F2N3. The van der Waals surface area contributed by atoms with Gasteiger partial charge in [-0.1, -0.05) is 13.0 Å². The van der Waals surface area contributed by atoms with Crippen LogP contribution in [0.2, 0.25) is 0 Å². The smallest absolute Gasteiger partial charge is 0.138 e. The van der Waals surface area contributed by atoms with Gasteiger partial charge >= 0.3 is 0 Å². The van der Waals surface area contributed by atoms with Crippen LogP contribution in [0.3, 0.4) is 0 Å². The van der Waals surface area contributed by atoms with Crippen molar-refractivity contribution in [1.29, 1.82) is 0 Å². The zero-order valence-corrected chi connectivity index (χ0v) is 10.6. The quantitative estimate of drug-likeness (QED) is 0.892. The monoisotopic (exact) mass is 251 g/mol. The lowest BCUT2D eigenvalue weighted by Crippen LogP contribution is -1.98. The van der Waals surface area contributed by atoms with E-state index >= 15 is 0 Å². The lowest BCUT2D eigenvalue weighted by atomic mass is 10.0. The Bertz CT molecular complexity index is 603. The number of anilines is 1. The summed E-state index contributed by atoms with van der Waals surface area (Å²) in [5.74, 6) is -0.762. The van der Waals surface area contributed by atoms with Crippen molar-refractivity contribution in [2.24, 2.45) is 7.05 Å². The van der Waals surface area contributed by atoms with Gasteiger partial charge in [-0.2, -0.15) is 5.10 Å². The SMILES string of the molecule is CCc1c(-c2c(F)ccc(C)c2F)nn(C)c1N. The molecule has 0 fully saturated rings. The molecule has 1 aromatic heterocycles. The van der Waals surface area contributed by atoms with Gasteiger partial charge in [-0.05, 0) is 25.0 Å². The van der Waals surface area contributed by atoms with Crippen molar-refractivity contribution in [2.75, 3.05) is 5.73 Å². The van der Waals surface area contributed by atoms with Crippen LogP contribution in [0.25, 0.3) is 11.3 Å². The van der Waals surface area contributed by atoms with Gasteiger partial charge < -0.3 is 5.73 Å². The number of nitrogen functional groups attached to an aromatic ring is 1. The van der Waals surface area contributed by atoms with Crippen LogP contribution in [0, 0.1) is 18.6 Å². The molecule has 96 valence electrons. The number of hydrogen-bond acceptors (Lipinski definition) is 2. The molecule has 0 aliphatic heterocycles. The summed E-state index contributed by atoms with van der Waals surface area (Å²) >= 11 is 0. The molecule has 0 atom stereocenters. The Balaban J connectivity index is 2.77. The van der Waals surface area contributed by atoms with E-state index in [1.165, 1.54) is 16.8 Å². The second-order valence-electron chi connectivity index (χ2n) is 4.24. The van der Waals surface area contributed by atoms with Crippen LogP contribution in [-0.4, -0.2) is 9.78 Å². The highest BCUT2D eigenvalue weighted by Crippen LogP contribution is 2.32. The Labute approximate surface area is 104 Å². The zero-order chi connectivity index (χ0) is 13.4. The van der Waals surface area contributed by atoms with Gasteiger partial charge in [0.1, 0.15) is 23.1 Å². The van der Waals surface area contributed by atoms with Gasteiger partial charge in [-0.25, -0.2) is 8.78 Å². The molecule has 0 amide bonds. The number of nitrogens with two attached hydrogens (primary N) is 1. The average Bonchev–Trinajstić information content (AvgIpc) is 2.61. The van der Waals surface area contributed by atoms with Gasteiger partial charge in [0.25, 0.3) is 0 Å². The summed E-state index contributed by atoms with van der Waals surface area (Å²) in [6.45, 7) is 3.47. The normalized spacial score (nSPS) is 10.9. The standard InChI is InChI=1S/C13H15F2N3/c1-4-8-12(17-18(3)13(8)16)10-9(14)6-5-7(2)11(10)15/h5-6H,4,16H2,1-3H3. The molecule has 0 aliphatic carbocycles. The van der Waals surface area contributed by atoms with E-state index in [-0.39, 0.29) is 11.3 Å². The number of nitrogens with zero attached hydrogens (tertiary/aromatic N) is 2. The van der Waals surface area contributed by atoms with Gasteiger partial charge in [0.05, 0.1) is 5.56 Å². The van der Waals surface area contributed by atoms with Crippen LogP contribution in [0.15, 0.2) is 12.1 Å². The highest BCUT2D eigenvalue weighted by molar-refractivity contribution is 5.70. The highest BCUT2D eigenvalue weighted by Gasteiger charge is 2.21. The van der Waals surface area contributed by atoms with E-state index in [4.69, 9.17) is 5.73 Å². The maximum absolute atomic E-state index is 14.1. The van der Waals surface area contributed by atoms with Crippen molar-refractivity contribution in [3.8, 4) is 11.3 Å². The van der Waals surface area contributed by atoms with Crippen molar-refractivity contribution in [3.63, 3.8) is 0 Å². The largest absolute Gasteiger partial charge is 0.384 e. The van der Waals surface area contributed by atoms with Crippen LogP contribution < -0.4 is 5.73 Å². The Morgan fingerprint density at radius 2 is 2.00 bits per heavy atom. The van der Waals surface area contributed by atoms with Crippen LogP contribution in [0.5, 0.6) is 0 Å². The van der Waals surface area contributed by atoms with E-state index in [2.05, 4.69) is 5.10 Å². The lowest BCUT2D eigenvalue weighted by Gasteiger charge is -2.06. The maximum Gasteiger partial charge on any atom is 0.138 e. The molecule has 1 aromatic carbocycles. The summed E-state index contributed by atoms with van der Waals surface area (Å²) in [5.41, 5.74) is 7.09. The fraction of sp³-hybridized carbons (Fsp3) is 0.308. The topological polar surface area (TPSA) is 43.8 Å². The first-order valence-corrected chi connectivity index (χ1v) is 5.73.